The van der Waals surface area contributed by atoms with Gasteiger partial charge in [-0.05, 0) is 49.9 Å². The van der Waals surface area contributed by atoms with Gasteiger partial charge in [-0.25, -0.2) is 0 Å². The van der Waals surface area contributed by atoms with Gasteiger partial charge in [-0.3, -0.25) is 0 Å². The van der Waals surface area contributed by atoms with Gasteiger partial charge in [0.15, 0.2) is 0 Å². The van der Waals surface area contributed by atoms with E-state index < -0.39 is 7.12 Å². The molecule has 1 aliphatic rings. The largest absolute Gasteiger partial charge is 0.491 e. The fourth-order valence-electron chi connectivity index (χ4n) is 2.83. The quantitative estimate of drug-likeness (QED) is 0.846. The normalized spacial score (nSPS) is 19.2. The Morgan fingerprint density at radius 1 is 0.880 bits per heavy atom. The van der Waals surface area contributed by atoms with Gasteiger partial charge < -0.3 is 15.0 Å². The second kappa shape index (κ2) is 6.79. The molecule has 4 heteroatoms. The van der Waals surface area contributed by atoms with Crippen molar-refractivity contribution in [2.45, 2.75) is 38.9 Å². The highest BCUT2D eigenvalue weighted by Crippen LogP contribution is 2.38. The van der Waals surface area contributed by atoms with Crippen molar-refractivity contribution in [1.29, 1.82) is 0 Å². The summed E-state index contributed by atoms with van der Waals surface area (Å²) in [5, 5.41) is 0. The van der Waals surface area contributed by atoms with Gasteiger partial charge in [-0.1, -0.05) is 60.7 Å². The Morgan fingerprint density at radius 2 is 1.40 bits per heavy atom. The van der Waals surface area contributed by atoms with Crippen molar-refractivity contribution in [2.75, 3.05) is 6.54 Å². The number of nitrogens with two attached hydrogens (primary N) is 1. The fraction of sp³-hybridized carbons (Fsp3) is 0.333. The zero-order valence-corrected chi connectivity index (χ0v) is 15.5. The number of hydrogen-bond donors (Lipinski definition) is 1. The Hall–Kier alpha value is -1.88. The van der Waals surface area contributed by atoms with E-state index >= 15 is 0 Å². The molecule has 2 N–H and O–H groups in total. The molecule has 25 heavy (non-hydrogen) atoms. The van der Waals surface area contributed by atoms with Crippen LogP contribution in [0.15, 0.2) is 60.1 Å². The number of benzene rings is 2. The average Bonchev–Trinajstić information content (AvgIpc) is 2.81. The number of rotatable bonds is 4. The summed E-state index contributed by atoms with van der Waals surface area (Å²) in [4.78, 5) is 0. The summed E-state index contributed by atoms with van der Waals surface area (Å²) in [7, 11) is -0.399. The van der Waals surface area contributed by atoms with E-state index in [1.807, 2.05) is 18.2 Å². The topological polar surface area (TPSA) is 44.5 Å². The van der Waals surface area contributed by atoms with Crippen LogP contribution in [0, 0.1) is 0 Å². The minimum atomic E-state index is -0.399. The van der Waals surface area contributed by atoms with Crippen LogP contribution in [0.5, 0.6) is 0 Å². The first-order chi connectivity index (χ1) is 11.8. The molecule has 0 radical (unpaired) electrons. The molecule has 0 atom stereocenters. The van der Waals surface area contributed by atoms with Crippen LogP contribution in [-0.2, 0) is 9.31 Å². The van der Waals surface area contributed by atoms with Crippen molar-refractivity contribution < 1.29 is 9.31 Å². The lowest BCUT2D eigenvalue weighted by Crippen LogP contribution is -2.41. The van der Waals surface area contributed by atoms with Crippen molar-refractivity contribution in [3.63, 3.8) is 0 Å². The maximum Gasteiger partial charge on any atom is 0.491 e. The van der Waals surface area contributed by atoms with Gasteiger partial charge in [-0.15, -0.1) is 0 Å². The SMILES string of the molecule is CC1(C)OB(C(=Cc2ccc(-c3ccccc3)cc2)CN)OC1(C)C. The predicted molar refractivity (Wildman–Crippen MR) is 105 cm³/mol. The van der Waals surface area contributed by atoms with E-state index in [4.69, 9.17) is 15.0 Å². The Bertz CT molecular complexity index is 735. The van der Waals surface area contributed by atoms with E-state index in [-0.39, 0.29) is 11.2 Å². The standard InChI is InChI=1S/C21H26BNO2/c1-20(2)21(3,4)25-22(24-20)19(15-23)14-16-10-12-18(13-11-16)17-8-6-5-7-9-17/h5-14H,15,23H2,1-4H3. The van der Waals surface area contributed by atoms with E-state index in [0.717, 1.165) is 11.0 Å². The van der Waals surface area contributed by atoms with Crippen LogP contribution in [-0.4, -0.2) is 24.9 Å². The molecule has 1 aliphatic heterocycles. The second-order valence-electron chi connectivity index (χ2n) is 7.50. The van der Waals surface area contributed by atoms with Crippen LogP contribution < -0.4 is 5.73 Å². The Kier molecular flexibility index (Phi) is 4.87. The van der Waals surface area contributed by atoms with Crippen LogP contribution in [0.2, 0.25) is 0 Å². The molecule has 0 unspecified atom stereocenters. The molecule has 2 aromatic rings. The summed E-state index contributed by atoms with van der Waals surface area (Å²) in [6.45, 7) is 8.61. The molecule has 0 spiro atoms. The average molecular weight is 335 g/mol. The van der Waals surface area contributed by atoms with Gasteiger partial charge in [0.2, 0.25) is 0 Å². The van der Waals surface area contributed by atoms with E-state index in [1.54, 1.807) is 0 Å². The molecule has 0 saturated carbocycles. The molecule has 1 fully saturated rings. The summed E-state index contributed by atoms with van der Waals surface area (Å²) in [5.41, 5.74) is 9.70. The van der Waals surface area contributed by atoms with Gasteiger partial charge in [0, 0.05) is 6.54 Å². The summed E-state index contributed by atoms with van der Waals surface area (Å²) < 4.78 is 12.2. The molecular weight excluding hydrogens is 309 g/mol. The van der Waals surface area contributed by atoms with Crippen LogP contribution in [0.1, 0.15) is 33.3 Å². The Balaban J connectivity index is 1.81. The third kappa shape index (κ3) is 3.71. The monoisotopic (exact) mass is 335 g/mol. The second-order valence-corrected chi connectivity index (χ2v) is 7.50. The van der Waals surface area contributed by atoms with E-state index in [1.165, 1.54) is 11.1 Å². The summed E-state index contributed by atoms with van der Waals surface area (Å²) in [6, 6.07) is 18.8. The lowest BCUT2D eigenvalue weighted by Gasteiger charge is -2.32. The molecule has 130 valence electrons. The van der Waals surface area contributed by atoms with Crippen molar-refractivity contribution >= 4 is 13.2 Å². The lowest BCUT2D eigenvalue weighted by molar-refractivity contribution is 0.00578. The fourth-order valence-corrected chi connectivity index (χ4v) is 2.83. The molecule has 1 saturated heterocycles. The van der Waals surface area contributed by atoms with Gasteiger partial charge in [0.25, 0.3) is 0 Å². The first kappa shape index (κ1) is 17.9. The van der Waals surface area contributed by atoms with E-state index in [0.29, 0.717) is 6.54 Å². The van der Waals surface area contributed by atoms with Crippen molar-refractivity contribution in [3.8, 4) is 11.1 Å². The third-order valence-electron chi connectivity index (χ3n) is 5.16. The van der Waals surface area contributed by atoms with E-state index in [9.17, 15) is 0 Å². The zero-order valence-electron chi connectivity index (χ0n) is 15.5. The van der Waals surface area contributed by atoms with Crippen LogP contribution in [0.25, 0.3) is 17.2 Å². The highest BCUT2D eigenvalue weighted by molar-refractivity contribution is 6.55. The number of hydrogen-bond acceptors (Lipinski definition) is 3. The maximum atomic E-state index is 6.11. The minimum Gasteiger partial charge on any atom is -0.400 e. The van der Waals surface area contributed by atoms with E-state index in [2.05, 4.69) is 70.2 Å². The molecule has 0 aromatic heterocycles. The Morgan fingerprint density at radius 3 is 1.92 bits per heavy atom. The first-order valence-corrected chi connectivity index (χ1v) is 8.74. The predicted octanol–water partition coefficient (Wildman–Crippen LogP) is 4.33. The molecule has 0 aliphatic carbocycles. The summed E-state index contributed by atoms with van der Waals surface area (Å²) >= 11 is 0. The summed E-state index contributed by atoms with van der Waals surface area (Å²) in [5.74, 6) is 0. The minimum absolute atomic E-state index is 0.358. The first-order valence-electron chi connectivity index (χ1n) is 8.74. The van der Waals surface area contributed by atoms with Gasteiger partial charge in [0.05, 0.1) is 11.2 Å². The molecule has 0 bridgehead atoms. The maximum absolute atomic E-state index is 6.11. The highest BCUT2D eigenvalue weighted by Gasteiger charge is 2.52. The lowest BCUT2D eigenvalue weighted by atomic mass is 9.77. The zero-order chi connectivity index (χ0) is 18.1. The van der Waals surface area contributed by atoms with Gasteiger partial charge in [-0.2, -0.15) is 0 Å². The highest BCUT2D eigenvalue weighted by atomic mass is 16.7. The summed E-state index contributed by atoms with van der Waals surface area (Å²) in [6.07, 6.45) is 2.07. The van der Waals surface area contributed by atoms with Crippen LogP contribution in [0.3, 0.4) is 0 Å². The molecule has 3 nitrogen and oxygen atoms in total. The smallest absolute Gasteiger partial charge is 0.400 e. The molecular formula is C21H26BNO2. The van der Waals surface area contributed by atoms with Crippen molar-refractivity contribution in [2.24, 2.45) is 5.73 Å². The third-order valence-corrected chi connectivity index (χ3v) is 5.16. The molecule has 1 heterocycles. The van der Waals surface area contributed by atoms with Crippen molar-refractivity contribution in [1.82, 2.24) is 0 Å². The Labute approximate surface area is 151 Å². The van der Waals surface area contributed by atoms with Crippen molar-refractivity contribution in [3.05, 3.63) is 65.6 Å². The molecule has 2 aromatic carbocycles. The molecule has 0 amide bonds. The van der Waals surface area contributed by atoms with Gasteiger partial charge >= 0.3 is 7.12 Å². The van der Waals surface area contributed by atoms with Gasteiger partial charge in [0.1, 0.15) is 0 Å². The van der Waals surface area contributed by atoms with Crippen LogP contribution in [0.4, 0.5) is 0 Å². The molecule has 3 rings (SSSR count). The van der Waals surface area contributed by atoms with Crippen LogP contribution >= 0.6 is 0 Å².